The van der Waals surface area contributed by atoms with Gasteiger partial charge in [0, 0.05) is 42.8 Å². The number of methoxy groups -OCH3 is 1. The average molecular weight is 555 g/mol. The molecule has 0 bridgehead atoms. The van der Waals surface area contributed by atoms with E-state index in [9.17, 15) is 4.79 Å². The topological polar surface area (TPSA) is 75.2 Å². The average Bonchev–Trinajstić information content (AvgIpc) is 2.66. The molecule has 9 heteroatoms. The minimum absolute atomic E-state index is 0. The van der Waals surface area contributed by atoms with Gasteiger partial charge in [-0.1, -0.05) is 15.9 Å². The van der Waals surface area contributed by atoms with E-state index in [1.807, 2.05) is 25.1 Å². The molecule has 0 saturated carbocycles. The first-order chi connectivity index (χ1) is 12.6. The second kappa shape index (κ2) is 12.3. The number of rotatable bonds is 5. The van der Waals surface area contributed by atoms with Crippen molar-refractivity contribution >= 4 is 52.0 Å². The van der Waals surface area contributed by atoms with E-state index in [-0.39, 0.29) is 36.1 Å². The first kappa shape index (κ1) is 23.8. The summed E-state index contributed by atoms with van der Waals surface area (Å²) in [6, 6.07) is 6.18. The number of amides is 1. The molecule has 1 saturated heterocycles. The Morgan fingerprint density at radius 2 is 2.07 bits per heavy atom. The number of carbonyl (C=O) groups is 1. The van der Waals surface area contributed by atoms with Gasteiger partial charge in [0.1, 0.15) is 5.75 Å². The van der Waals surface area contributed by atoms with Crippen molar-refractivity contribution in [3.05, 3.63) is 28.2 Å². The molecule has 1 aromatic rings. The molecule has 1 aliphatic rings. The van der Waals surface area contributed by atoms with Crippen molar-refractivity contribution in [1.29, 1.82) is 0 Å². The van der Waals surface area contributed by atoms with Gasteiger partial charge in [-0.2, -0.15) is 0 Å². The van der Waals surface area contributed by atoms with E-state index in [0.29, 0.717) is 26.2 Å². The maximum Gasteiger partial charge on any atom is 0.409 e. The Hall–Kier alpha value is -1.23. The molecule has 2 rings (SSSR count). The number of benzene rings is 1. The second-order valence-corrected chi connectivity index (χ2v) is 6.90. The van der Waals surface area contributed by atoms with E-state index < -0.39 is 0 Å². The molecule has 1 fully saturated rings. The van der Waals surface area contributed by atoms with Gasteiger partial charge in [0.15, 0.2) is 5.96 Å². The molecule has 0 aromatic heterocycles. The van der Waals surface area contributed by atoms with Crippen LogP contribution in [0.1, 0.15) is 25.3 Å². The molecule has 7 nitrogen and oxygen atoms in total. The number of piperidine rings is 1. The van der Waals surface area contributed by atoms with Gasteiger partial charge in [0.25, 0.3) is 0 Å². The molecule has 1 aliphatic heterocycles. The molecule has 0 radical (unpaired) electrons. The van der Waals surface area contributed by atoms with Gasteiger partial charge in [0.05, 0.1) is 13.7 Å². The summed E-state index contributed by atoms with van der Waals surface area (Å²) < 4.78 is 11.5. The molecule has 2 N–H and O–H groups in total. The van der Waals surface area contributed by atoms with Crippen LogP contribution in [0.5, 0.6) is 5.75 Å². The third-order valence-electron chi connectivity index (χ3n) is 4.27. The number of ether oxygens (including phenoxy) is 2. The number of nitrogens with one attached hydrogen (secondary N) is 2. The summed E-state index contributed by atoms with van der Waals surface area (Å²) >= 11 is 3.49. The van der Waals surface area contributed by atoms with Crippen molar-refractivity contribution < 1.29 is 14.3 Å². The van der Waals surface area contributed by atoms with Crippen LogP contribution < -0.4 is 15.4 Å². The largest absolute Gasteiger partial charge is 0.496 e. The van der Waals surface area contributed by atoms with E-state index in [0.717, 1.165) is 34.6 Å². The molecule has 0 aliphatic carbocycles. The minimum Gasteiger partial charge on any atom is -0.496 e. The van der Waals surface area contributed by atoms with Crippen molar-refractivity contribution in [2.45, 2.75) is 32.4 Å². The first-order valence-corrected chi connectivity index (χ1v) is 9.58. The summed E-state index contributed by atoms with van der Waals surface area (Å²) in [6.45, 7) is 4.21. The number of hydrogen-bond acceptors (Lipinski definition) is 4. The molecule has 0 unspecified atom stereocenters. The molecule has 0 spiro atoms. The Bertz CT molecular complexity index is 637. The van der Waals surface area contributed by atoms with Gasteiger partial charge in [0.2, 0.25) is 0 Å². The summed E-state index contributed by atoms with van der Waals surface area (Å²) in [5.41, 5.74) is 1.04. The zero-order chi connectivity index (χ0) is 18.9. The van der Waals surface area contributed by atoms with Crippen LogP contribution >= 0.6 is 39.9 Å². The summed E-state index contributed by atoms with van der Waals surface area (Å²) in [6.07, 6.45) is 1.50. The van der Waals surface area contributed by atoms with Gasteiger partial charge in [-0.15, -0.1) is 24.0 Å². The molecule has 1 amide bonds. The van der Waals surface area contributed by atoms with Crippen LogP contribution in [0.25, 0.3) is 0 Å². The fourth-order valence-corrected chi connectivity index (χ4v) is 3.28. The Morgan fingerprint density at radius 1 is 1.37 bits per heavy atom. The number of guanidine groups is 1. The molecular weight excluding hydrogens is 527 g/mol. The van der Waals surface area contributed by atoms with Gasteiger partial charge < -0.3 is 25.0 Å². The monoisotopic (exact) mass is 554 g/mol. The quantitative estimate of drug-likeness (QED) is 0.332. The van der Waals surface area contributed by atoms with Crippen molar-refractivity contribution in [1.82, 2.24) is 15.5 Å². The van der Waals surface area contributed by atoms with Gasteiger partial charge in [-0.3, -0.25) is 4.99 Å². The highest BCUT2D eigenvalue weighted by Crippen LogP contribution is 2.22. The van der Waals surface area contributed by atoms with E-state index in [1.165, 1.54) is 0 Å². The van der Waals surface area contributed by atoms with Crippen LogP contribution in [0.2, 0.25) is 0 Å². The summed E-state index contributed by atoms with van der Waals surface area (Å²) in [5.74, 6) is 1.57. The predicted molar refractivity (Wildman–Crippen MR) is 121 cm³/mol. The highest BCUT2D eigenvalue weighted by Gasteiger charge is 2.24. The van der Waals surface area contributed by atoms with Gasteiger partial charge in [-0.25, -0.2) is 4.79 Å². The van der Waals surface area contributed by atoms with Crippen LogP contribution in [0, 0.1) is 0 Å². The number of nitrogens with zero attached hydrogens (tertiary/aromatic N) is 2. The zero-order valence-corrected chi connectivity index (χ0v) is 19.9. The summed E-state index contributed by atoms with van der Waals surface area (Å²) in [7, 11) is 3.42. The number of carbonyl (C=O) groups excluding carboxylic acids is 1. The van der Waals surface area contributed by atoms with Crippen LogP contribution in [-0.4, -0.2) is 56.8 Å². The normalized spacial score (nSPS) is 15.0. The van der Waals surface area contributed by atoms with Crippen LogP contribution in [0.4, 0.5) is 4.79 Å². The fourth-order valence-electron chi connectivity index (χ4n) is 2.87. The lowest BCUT2D eigenvalue weighted by molar-refractivity contribution is 0.0963. The molecule has 1 aromatic carbocycles. The fraction of sp³-hybridized carbons (Fsp3) is 0.556. The first-order valence-electron chi connectivity index (χ1n) is 8.78. The maximum absolute atomic E-state index is 11.8. The predicted octanol–water partition coefficient (Wildman–Crippen LogP) is 3.36. The Balaban J connectivity index is 0.00000364. The molecular formula is C18H28BrIN4O3. The van der Waals surface area contributed by atoms with Crippen molar-refractivity contribution in [2.75, 3.05) is 33.9 Å². The number of hydrogen-bond donors (Lipinski definition) is 2. The van der Waals surface area contributed by atoms with E-state index in [4.69, 9.17) is 9.47 Å². The number of aliphatic imine (C=N–C) groups is 1. The van der Waals surface area contributed by atoms with Crippen LogP contribution in [0.15, 0.2) is 27.7 Å². The molecule has 27 heavy (non-hydrogen) atoms. The van der Waals surface area contributed by atoms with E-state index in [2.05, 4.69) is 31.6 Å². The Labute approximate surface area is 186 Å². The van der Waals surface area contributed by atoms with E-state index >= 15 is 0 Å². The lowest BCUT2D eigenvalue weighted by Gasteiger charge is -2.32. The Kier molecular flexibility index (Phi) is 10.8. The highest BCUT2D eigenvalue weighted by molar-refractivity contribution is 14.0. The van der Waals surface area contributed by atoms with Gasteiger partial charge >= 0.3 is 6.09 Å². The lowest BCUT2D eigenvalue weighted by atomic mass is 10.1. The third kappa shape index (κ3) is 7.36. The summed E-state index contributed by atoms with van der Waals surface area (Å²) in [4.78, 5) is 17.8. The molecule has 1 heterocycles. The lowest BCUT2D eigenvalue weighted by Crippen LogP contribution is -2.49. The van der Waals surface area contributed by atoms with Crippen molar-refractivity contribution in [2.24, 2.45) is 4.99 Å². The SMILES string of the molecule is CCOC(=O)N1CCC(NC(=NC)NCc2cc(Br)ccc2OC)CC1.I. The highest BCUT2D eigenvalue weighted by atomic mass is 127. The number of halogens is 2. The Morgan fingerprint density at radius 3 is 2.67 bits per heavy atom. The molecule has 152 valence electrons. The van der Waals surface area contributed by atoms with Crippen molar-refractivity contribution in [3.63, 3.8) is 0 Å². The van der Waals surface area contributed by atoms with Crippen LogP contribution in [-0.2, 0) is 11.3 Å². The van der Waals surface area contributed by atoms with E-state index in [1.54, 1.807) is 19.1 Å². The molecule has 0 atom stereocenters. The second-order valence-electron chi connectivity index (χ2n) is 5.99. The summed E-state index contributed by atoms with van der Waals surface area (Å²) in [5, 5.41) is 6.75. The van der Waals surface area contributed by atoms with Crippen LogP contribution in [0.3, 0.4) is 0 Å². The number of likely N-dealkylation sites (tertiary alicyclic amines) is 1. The standard InChI is InChI=1S/C18H27BrN4O3.HI/c1-4-26-18(24)23-9-7-15(8-10-23)22-17(20-2)21-12-13-11-14(19)5-6-16(13)25-3;/h5-6,11,15H,4,7-10,12H2,1-3H3,(H2,20,21,22);1H. The van der Waals surface area contributed by atoms with Gasteiger partial charge in [-0.05, 0) is 38.0 Å². The zero-order valence-electron chi connectivity index (χ0n) is 16.0. The minimum atomic E-state index is -0.227. The maximum atomic E-state index is 11.8. The third-order valence-corrected chi connectivity index (χ3v) is 4.77. The van der Waals surface area contributed by atoms with Crippen molar-refractivity contribution in [3.8, 4) is 5.75 Å². The smallest absolute Gasteiger partial charge is 0.409 e.